The molecule has 0 radical (unpaired) electrons. The van der Waals surface area contributed by atoms with Crippen LogP contribution in [0.1, 0.15) is 56.8 Å². The first-order chi connectivity index (χ1) is 25.2. The fourth-order valence-electron chi connectivity index (χ4n) is 6.09. The summed E-state index contributed by atoms with van der Waals surface area (Å²) in [4.78, 5) is 49.4. The number of sulfonamides is 1. The molecule has 3 aromatic carbocycles. The Morgan fingerprint density at radius 1 is 0.981 bits per heavy atom. The maximum Gasteiger partial charge on any atom is 0.332 e. The molecule has 3 N–H and O–H groups in total. The Hall–Kier alpha value is -5.19. The molecule has 15 nitrogen and oxygen atoms in total. The summed E-state index contributed by atoms with van der Waals surface area (Å²) in [6.45, 7) is 6.67. The van der Waals surface area contributed by atoms with Crippen molar-refractivity contribution in [1.82, 2.24) is 18.8 Å². The number of amides is 1. The van der Waals surface area contributed by atoms with Crippen molar-refractivity contribution in [3.63, 3.8) is 0 Å². The number of carbonyl (C=O) groups excluding carboxylic acids is 1. The van der Waals surface area contributed by atoms with Gasteiger partial charge in [0.1, 0.15) is 12.6 Å². The van der Waals surface area contributed by atoms with Gasteiger partial charge in [-0.15, -0.1) is 0 Å². The second kappa shape index (κ2) is 18.0. The number of aliphatic hydroxyl groups is 1. The molecule has 1 amide bonds. The van der Waals surface area contributed by atoms with Gasteiger partial charge in [-0.25, -0.2) is 13.2 Å². The fraction of sp³-hybridized carbons (Fsp3) is 0.405. The summed E-state index contributed by atoms with van der Waals surface area (Å²) < 4.78 is 31.1. The molecule has 4 atom stereocenters. The Labute approximate surface area is 308 Å². The molecule has 1 aromatic heterocycles. The van der Waals surface area contributed by atoms with Crippen LogP contribution in [0.4, 0.5) is 5.69 Å². The number of benzene rings is 3. The third-order valence-corrected chi connectivity index (χ3v) is 10.9. The lowest BCUT2D eigenvalue weighted by molar-refractivity contribution is -0.384. The first kappa shape index (κ1) is 40.6. The summed E-state index contributed by atoms with van der Waals surface area (Å²) in [5.74, 6) is -1.65. The highest BCUT2D eigenvalue weighted by molar-refractivity contribution is 7.89. The highest BCUT2D eigenvalue weighted by Crippen LogP contribution is 2.25. The molecule has 0 saturated heterocycles. The van der Waals surface area contributed by atoms with E-state index in [0.717, 1.165) is 20.9 Å². The third-order valence-electron chi connectivity index (χ3n) is 9.05. The number of nitrogens with zero attached hydrogens (tertiary/aromatic N) is 5. The number of aliphatic hydroxyl groups excluding tert-OH is 1. The Morgan fingerprint density at radius 3 is 2.25 bits per heavy atom. The number of non-ortho nitro benzene ring substituents is 1. The van der Waals surface area contributed by atoms with Crippen molar-refractivity contribution in [2.75, 3.05) is 13.1 Å². The van der Waals surface area contributed by atoms with E-state index in [1.807, 2.05) is 39.0 Å². The van der Waals surface area contributed by atoms with E-state index in [1.54, 1.807) is 25.1 Å². The summed E-state index contributed by atoms with van der Waals surface area (Å²) in [5.41, 5.74) is 0.785. The second-order valence-electron chi connectivity index (χ2n) is 13.5. The zero-order chi connectivity index (χ0) is 38.9. The molecule has 0 spiro atoms. The van der Waals surface area contributed by atoms with Crippen LogP contribution in [0.3, 0.4) is 0 Å². The number of nitrogens with one attached hydrogen (secondary N) is 1. The minimum Gasteiger partial charge on any atom is -0.493 e. The van der Waals surface area contributed by atoms with Gasteiger partial charge >= 0.3 is 5.69 Å². The van der Waals surface area contributed by atoms with Gasteiger partial charge in [0.15, 0.2) is 0 Å². The molecule has 0 aliphatic heterocycles. The van der Waals surface area contributed by atoms with Crippen LogP contribution in [0, 0.1) is 26.9 Å². The molecule has 0 unspecified atom stereocenters. The third kappa shape index (κ3) is 10.2. The maximum absolute atomic E-state index is 14.3. The highest BCUT2D eigenvalue weighted by Gasteiger charge is 2.35. The minimum absolute atomic E-state index is 0.0331. The van der Waals surface area contributed by atoms with Crippen molar-refractivity contribution in [3.05, 3.63) is 127 Å². The average molecular weight is 751 g/mol. The van der Waals surface area contributed by atoms with Gasteiger partial charge in [-0.1, -0.05) is 93.9 Å². The van der Waals surface area contributed by atoms with Crippen LogP contribution in [-0.4, -0.2) is 68.1 Å². The van der Waals surface area contributed by atoms with Crippen molar-refractivity contribution in [2.24, 2.45) is 17.0 Å². The number of nitro groups is 1. The molecule has 284 valence electrons. The van der Waals surface area contributed by atoms with Crippen molar-refractivity contribution in [2.45, 2.75) is 76.7 Å². The number of carbonyl (C=O) groups is 1. The highest BCUT2D eigenvalue weighted by atomic mass is 32.2. The van der Waals surface area contributed by atoms with Gasteiger partial charge in [0.2, 0.25) is 21.8 Å². The number of nitroso groups, excluding NO2 is 1. The van der Waals surface area contributed by atoms with E-state index in [4.69, 9.17) is 0 Å². The number of hydrogen-bond donors (Lipinski definition) is 3. The van der Waals surface area contributed by atoms with E-state index in [2.05, 4.69) is 10.5 Å². The van der Waals surface area contributed by atoms with Crippen molar-refractivity contribution < 1.29 is 28.3 Å². The number of rotatable bonds is 19. The molecule has 0 saturated carbocycles. The summed E-state index contributed by atoms with van der Waals surface area (Å²) in [7, 11) is -4.14. The number of aromatic hydroxyl groups is 1. The first-order valence-corrected chi connectivity index (χ1v) is 18.7. The van der Waals surface area contributed by atoms with Gasteiger partial charge in [0.25, 0.3) is 5.69 Å². The molecule has 4 aromatic rings. The van der Waals surface area contributed by atoms with Crippen LogP contribution in [0.15, 0.2) is 99.9 Å². The smallest absolute Gasteiger partial charge is 0.332 e. The molecule has 0 aliphatic rings. The zero-order valence-electron chi connectivity index (χ0n) is 30.1. The minimum atomic E-state index is -4.14. The number of imidazole rings is 1. The van der Waals surface area contributed by atoms with Crippen molar-refractivity contribution in [1.29, 1.82) is 0 Å². The summed E-state index contributed by atoms with van der Waals surface area (Å²) >= 11 is 0. The van der Waals surface area contributed by atoms with E-state index in [0.29, 0.717) is 17.5 Å². The molecule has 16 heteroatoms. The lowest BCUT2D eigenvalue weighted by Gasteiger charge is -2.32. The molecular formula is C37H46N6O9S. The molecule has 0 fully saturated rings. The topological polar surface area (TPSA) is 206 Å². The average Bonchev–Trinajstić information content (AvgIpc) is 3.39. The van der Waals surface area contributed by atoms with E-state index >= 15 is 0 Å². The van der Waals surface area contributed by atoms with Gasteiger partial charge in [-0.3, -0.25) is 24.0 Å². The van der Waals surface area contributed by atoms with E-state index in [9.17, 15) is 43.2 Å². The zero-order valence-corrected chi connectivity index (χ0v) is 30.9. The maximum atomic E-state index is 14.3. The Balaban J connectivity index is 1.67. The molecule has 4 rings (SSSR count). The molecule has 0 bridgehead atoms. The molecule has 53 heavy (non-hydrogen) atoms. The molecule has 0 aliphatic carbocycles. The van der Waals surface area contributed by atoms with Gasteiger partial charge in [-0.05, 0) is 47.1 Å². The van der Waals surface area contributed by atoms with Crippen molar-refractivity contribution in [3.8, 4) is 5.88 Å². The second-order valence-corrected chi connectivity index (χ2v) is 15.5. The van der Waals surface area contributed by atoms with Crippen LogP contribution < -0.4 is 11.0 Å². The number of aromatic nitrogens is 2. The number of nitro benzene ring substituents is 1. The summed E-state index contributed by atoms with van der Waals surface area (Å²) in [6.07, 6.45) is 0.312. The first-order valence-electron chi connectivity index (χ1n) is 17.3. The Kier molecular flexibility index (Phi) is 13.8. The van der Waals surface area contributed by atoms with E-state index in [1.165, 1.54) is 46.8 Å². The van der Waals surface area contributed by atoms with Gasteiger partial charge in [0, 0.05) is 25.2 Å². The summed E-state index contributed by atoms with van der Waals surface area (Å²) in [6, 6.07) is 18.3. The fourth-order valence-corrected chi connectivity index (χ4v) is 7.71. The largest absolute Gasteiger partial charge is 0.493 e. The van der Waals surface area contributed by atoms with Crippen LogP contribution >= 0.6 is 0 Å². The van der Waals surface area contributed by atoms with Gasteiger partial charge in [0.05, 0.1) is 34.7 Å². The molecule has 1 heterocycles. The van der Waals surface area contributed by atoms with E-state index < -0.39 is 56.5 Å². The van der Waals surface area contributed by atoms with Gasteiger partial charge in [-0.2, -0.15) is 9.21 Å². The van der Waals surface area contributed by atoms with Crippen LogP contribution in [0.2, 0.25) is 0 Å². The van der Waals surface area contributed by atoms with Crippen LogP contribution in [-0.2, 0) is 34.3 Å². The van der Waals surface area contributed by atoms with Crippen LogP contribution in [0.5, 0.6) is 5.88 Å². The Bertz CT molecular complexity index is 2030. The molecular weight excluding hydrogens is 705 g/mol. The SMILES string of the molecule is CC[C@H](C)[C@@H](C(=O)N[C@@H](Cc1ccccc1)[C@H](O)CN(CC(C)C)S(=O)(=O)c1ccc(CN=O)cc1)n1cc(O)n(Cc2cccc([N+](=O)[O-])c2)c1=O. The predicted octanol–water partition coefficient (Wildman–Crippen LogP) is 4.60. The van der Waals surface area contributed by atoms with Gasteiger partial charge < -0.3 is 15.5 Å². The van der Waals surface area contributed by atoms with Crippen LogP contribution in [0.25, 0.3) is 0 Å². The lowest BCUT2D eigenvalue weighted by atomic mass is 9.96. The van der Waals surface area contributed by atoms with Crippen molar-refractivity contribution >= 4 is 21.6 Å². The monoisotopic (exact) mass is 750 g/mol. The number of hydrogen-bond acceptors (Lipinski definition) is 10. The standard InChI is InChI=1S/C37H46N6O9S/c1-5-26(4)35(42-24-34(45)41(37(42)47)22-29-12-9-13-30(18-29)43(49)50)36(46)39-32(19-27-10-7-6-8-11-27)33(44)23-40(21-25(2)3)53(51,52)31-16-14-28(15-17-31)20-38-48/h6-18,24-26,32-33,35,44-45H,5,19-23H2,1-4H3,(H,39,46)/t26-,32-,33+,35-/m0/s1. The summed E-state index contributed by atoms with van der Waals surface area (Å²) in [5, 5.41) is 39.7. The Morgan fingerprint density at radius 2 is 1.64 bits per heavy atom. The normalized spacial score (nSPS) is 14.1. The van der Waals surface area contributed by atoms with E-state index in [-0.39, 0.29) is 49.1 Å². The predicted molar refractivity (Wildman–Crippen MR) is 199 cm³/mol. The quantitative estimate of drug-likeness (QED) is 0.0695. The lowest BCUT2D eigenvalue weighted by Crippen LogP contribution is -2.53.